The van der Waals surface area contributed by atoms with Crippen LogP contribution in [-0.4, -0.2) is 16.1 Å². The molecule has 0 saturated carbocycles. The fourth-order valence-electron chi connectivity index (χ4n) is 1.64. The van der Waals surface area contributed by atoms with Crippen LogP contribution in [0.25, 0.3) is 0 Å². The Hall–Kier alpha value is -2.01. The molecule has 0 saturated heterocycles. The number of benzene rings is 1. The number of nitrogen functional groups attached to an aromatic ring is 1. The van der Waals surface area contributed by atoms with E-state index in [1.54, 1.807) is 19.1 Å². The first-order chi connectivity index (χ1) is 8.49. The zero-order valence-electron chi connectivity index (χ0n) is 10.0. The van der Waals surface area contributed by atoms with Crippen LogP contribution in [0.3, 0.4) is 0 Å². The van der Waals surface area contributed by atoms with Crippen LogP contribution in [-0.2, 0) is 0 Å². The second kappa shape index (κ2) is 4.70. The van der Waals surface area contributed by atoms with Crippen molar-refractivity contribution in [2.24, 2.45) is 0 Å². The van der Waals surface area contributed by atoms with Gasteiger partial charge in [-0.05, 0) is 32.0 Å². The number of rotatable bonds is 2. The lowest BCUT2D eigenvalue weighted by Crippen LogP contribution is -2.15. The van der Waals surface area contributed by atoms with Crippen molar-refractivity contribution in [1.82, 2.24) is 10.2 Å². The molecule has 0 fully saturated rings. The maximum Gasteiger partial charge on any atom is 0.257 e. The molecule has 0 bridgehead atoms. The number of nitrogens with two attached hydrogens (primary N) is 1. The van der Waals surface area contributed by atoms with Crippen LogP contribution in [0.5, 0.6) is 0 Å². The molecular weight excluding hydrogens is 252 g/mol. The number of amides is 1. The molecule has 0 unspecified atom stereocenters. The van der Waals surface area contributed by atoms with Crippen LogP contribution in [0.15, 0.2) is 18.2 Å². The van der Waals surface area contributed by atoms with E-state index in [0.29, 0.717) is 22.0 Å². The van der Waals surface area contributed by atoms with Crippen molar-refractivity contribution in [1.29, 1.82) is 0 Å². The Morgan fingerprint density at radius 3 is 2.78 bits per heavy atom. The monoisotopic (exact) mass is 264 g/mol. The van der Waals surface area contributed by atoms with Gasteiger partial charge in [0.2, 0.25) is 0 Å². The Balaban J connectivity index is 2.30. The number of carbonyl (C=O) groups is 1. The molecule has 4 N–H and O–H groups in total. The Kier molecular flexibility index (Phi) is 3.25. The first kappa shape index (κ1) is 12.4. The summed E-state index contributed by atoms with van der Waals surface area (Å²) in [6.45, 7) is 3.64. The highest BCUT2D eigenvalue weighted by molar-refractivity contribution is 6.31. The molecule has 2 aromatic rings. The van der Waals surface area contributed by atoms with Gasteiger partial charge in [0.15, 0.2) is 0 Å². The molecule has 1 amide bonds. The van der Waals surface area contributed by atoms with Crippen LogP contribution in [0.1, 0.15) is 21.7 Å². The quantitative estimate of drug-likeness (QED) is 0.729. The van der Waals surface area contributed by atoms with Gasteiger partial charge in [0.05, 0.1) is 22.6 Å². The molecule has 0 radical (unpaired) electrons. The van der Waals surface area contributed by atoms with Crippen molar-refractivity contribution < 1.29 is 4.79 Å². The molecule has 6 heteroatoms. The number of nitrogens with one attached hydrogen (secondary N) is 2. The van der Waals surface area contributed by atoms with Crippen molar-refractivity contribution in [2.45, 2.75) is 13.8 Å². The van der Waals surface area contributed by atoms with Crippen molar-refractivity contribution >= 4 is 28.9 Å². The molecule has 94 valence electrons. The van der Waals surface area contributed by atoms with E-state index in [0.717, 1.165) is 11.4 Å². The lowest BCUT2D eigenvalue weighted by atomic mass is 10.1. The third-order valence-electron chi connectivity index (χ3n) is 2.63. The molecule has 0 atom stereocenters. The van der Waals surface area contributed by atoms with Crippen molar-refractivity contribution in [3.05, 3.63) is 40.2 Å². The number of hydrogen-bond donors (Lipinski definition) is 3. The average Bonchev–Trinajstić information content (AvgIpc) is 2.64. The summed E-state index contributed by atoms with van der Waals surface area (Å²) in [5, 5.41) is 10.0. The number of aromatic amines is 1. The molecule has 1 aromatic heterocycles. The number of halogens is 1. The van der Waals surface area contributed by atoms with Crippen molar-refractivity contribution in [2.75, 3.05) is 11.1 Å². The van der Waals surface area contributed by atoms with E-state index < -0.39 is 0 Å². The number of nitrogens with zero attached hydrogens (tertiary/aromatic N) is 1. The maximum atomic E-state index is 12.1. The topological polar surface area (TPSA) is 83.8 Å². The average molecular weight is 265 g/mol. The highest BCUT2D eigenvalue weighted by atomic mass is 35.5. The van der Waals surface area contributed by atoms with E-state index in [2.05, 4.69) is 15.5 Å². The minimum atomic E-state index is -0.303. The SMILES string of the molecule is Cc1n[nH]c(C)c1NC(=O)c1cc(Cl)ccc1N. The van der Waals surface area contributed by atoms with E-state index >= 15 is 0 Å². The molecule has 5 nitrogen and oxygen atoms in total. The molecule has 0 aliphatic carbocycles. The Morgan fingerprint density at radius 2 is 2.17 bits per heavy atom. The molecule has 2 rings (SSSR count). The lowest BCUT2D eigenvalue weighted by molar-refractivity contribution is 0.102. The van der Waals surface area contributed by atoms with Gasteiger partial charge in [-0.2, -0.15) is 5.10 Å². The standard InChI is InChI=1S/C12H13ClN4O/c1-6-11(7(2)17-16-6)15-12(18)9-5-8(13)3-4-10(9)14/h3-5H,14H2,1-2H3,(H,15,18)(H,16,17). The van der Waals surface area contributed by atoms with E-state index in [4.69, 9.17) is 17.3 Å². The van der Waals surface area contributed by atoms with Gasteiger partial charge in [-0.15, -0.1) is 0 Å². The summed E-state index contributed by atoms with van der Waals surface area (Å²) in [7, 11) is 0. The number of aromatic nitrogens is 2. The summed E-state index contributed by atoms with van der Waals surface area (Å²) in [6.07, 6.45) is 0. The van der Waals surface area contributed by atoms with Gasteiger partial charge in [-0.1, -0.05) is 11.6 Å². The van der Waals surface area contributed by atoms with Crippen molar-refractivity contribution in [3.8, 4) is 0 Å². The van der Waals surface area contributed by atoms with Crippen molar-refractivity contribution in [3.63, 3.8) is 0 Å². The Morgan fingerprint density at radius 1 is 1.44 bits per heavy atom. The summed E-state index contributed by atoms with van der Waals surface area (Å²) >= 11 is 5.85. The van der Waals surface area contributed by atoms with Gasteiger partial charge in [0, 0.05) is 10.7 Å². The normalized spacial score (nSPS) is 10.4. The Bertz CT molecular complexity index is 587. The number of anilines is 2. The van der Waals surface area contributed by atoms with Gasteiger partial charge in [-0.25, -0.2) is 0 Å². The molecule has 0 aliphatic heterocycles. The zero-order valence-corrected chi connectivity index (χ0v) is 10.8. The summed E-state index contributed by atoms with van der Waals surface area (Å²) in [5.41, 5.74) is 8.67. The van der Waals surface area contributed by atoms with Gasteiger partial charge in [0.25, 0.3) is 5.91 Å². The number of carbonyl (C=O) groups excluding carboxylic acids is 1. The summed E-state index contributed by atoms with van der Waals surface area (Å²) in [4.78, 5) is 12.1. The molecule has 0 aliphatic rings. The minimum Gasteiger partial charge on any atom is -0.398 e. The van der Waals surface area contributed by atoms with E-state index in [-0.39, 0.29) is 5.91 Å². The van der Waals surface area contributed by atoms with Crippen LogP contribution < -0.4 is 11.1 Å². The molecule has 18 heavy (non-hydrogen) atoms. The summed E-state index contributed by atoms with van der Waals surface area (Å²) < 4.78 is 0. The second-order valence-corrected chi connectivity index (χ2v) is 4.43. The fourth-order valence-corrected chi connectivity index (χ4v) is 1.81. The van der Waals surface area contributed by atoms with E-state index in [1.807, 2.05) is 6.92 Å². The molecular formula is C12H13ClN4O. The van der Waals surface area contributed by atoms with Gasteiger partial charge in [-0.3, -0.25) is 9.89 Å². The zero-order chi connectivity index (χ0) is 13.3. The fraction of sp³-hybridized carbons (Fsp3) is 0.167. The van der Waals surface area contributed by atoms with Crippen LogP contribution in [0.4, 0.5) is 11.4 Å². The minimum absolute atomic E-state index is 0.303. The number of H-pyrrole nitrogens is 1. The van der Waals surface area contributed by atoms with Gasteiger partial charge < -0.3 is 11.1 Å². The first-order valence-corrected chi connectivity index (χ1v) is 5.74. The number of aryl methyl sites for hydroxylation is 2. The largest absolute Gasteiger partial charge is 0.398 e. The van der Waals surface area contributed by atoms with E-state index in [9.17, 15) is 4.79 Å². The Labute approximate surface area is 109 Å². The third-order valence-corrected chi connectivity index (χ3v) is 2.86. The molecule has 0 spiro atoms. The maximum absolute atomic E-state index is 12.1. The second-order valence-electron chi connectivity index (χ2n) is 3.99. The van der Waals surface area contributed by atoms with Crippen LogP contribution >= 0.6 is 11.6 Å². The predicted octanol–water partition coefficient (Wildman–Crippen LogP) is 2.51. The van der Waals surface area contributed by atoms with Gasteiger partial charge >= 0.3 is 0 Å². The molecule has 1 heterocycles. The van der Waals surface area contributed by atoms with Crippen LogP contribution in [0, 0.1) is 13.8 Å². The predicted molar refractivity (Wildman–Crippen MR) is 71.9 cm³/mol. The summed E-state index contributed by atoms with van der Waals surface area (Å²) in [5.74, 6) is -0.303. The lowest BCUT2D eigenvalue weighted by Gasteiger charge is -2.08. The number of hydrogen-bond acceptors (Lipinski definition) is 3. The third kappa shape index (κ3) is 2.31. The highest BCUT2D eigenvalue weighted by Crippen LogP contribution is 2.21. The van der Waals surface area contributed by atoms with E-state index in [1.165, 1.54) is 6.07 Å². The smallest absolute Gasteiger partial charge is 0.257 e. The highest BCUT2D eigenvalue weighted by Gasteiger charge is 2.14. The first-order valence-electron chi connectivity index (χ1n) is 5.37. The van der Waals surface area contributed by atoms with Crippen LogP contribution in [0.2, 0.25) is 5.02 Å². The molecule has 1 aromatic carbocycles. The van der Waals surface area contributed by atoms with Gasteiger partial charge in [0.1, 0.15) is 0 Å². The summed E-state index contributed by atoms with van der Waals surface area (Å²) in [6, 6.07) is 4.78.